The Hall–Kier alpha value is -1.71. The molecule has 4 nitrogen and oxygen atoms in total. The molecular weight excluding hydrogens is 206 g/mol. The van der Waals surface area contributed by atoms with Crippen LogP contribution in [0.5, 0.6) is 5.75 Å². The highest BCUT2D eigenvalue weighted by Gasteiger charge is 2.44. The lowest BCUT2D eigenvalue weighted by molar-refractivity contribution is -0.0558. The molecule has 1 aromatic carbocycles. The van der Waals surface area contributed by atoms with Crippen LogP contribution in [-0.2, 0) is 10.2 Å². The van der Waals surface area contributed by atoms with E-state index in [1.54, 1.807) is 0 Å². The summed E-state index contributed by atoms with van der Waals surface area (Å²) >= 11 is 0. The number of ether oxygens (including phenoxy) is 2. The van der Waals surface area contributed by atoms with E-state index in [0.29, 0.717) is 0 Å². The smallest absolute Gasteiger partial charge is 0.409 e. The standard InChI is InChI=1S/C12H15NO3/c1-12(2)8-6-4-5-7-9(8)15-10(12)16-11(14)13-3/h4-7,10H,1-3H3,(H,13,14). The first-order valence-corrected chi connectivity index (χ1v) is 5.20. The van der Waals surface area contributed by atoms with Crippen LogP contribution in [0.15, 0.2) is 24.3 Å². The molecule has 2 rings (SSSR count). The fourth-order valence-corrected chi connectivity index (χ4v) is 1.82. The van der Waals surface area contributed by atoms with Crippen LogP contribution < -0.4 is 10.1 Å². The van der Waals surface area contributed by atoms with E-state index in [1.807, 2.05) is 38.1 Å². The van der Waals surface area contributed by atoms with E-state index in [-0.39, 0.29) is 5.41 Å². The van der Waals surface area contributed by atoms with Crippen LogP contribution in [0, 0.1) is 0 Å². The van der Waals surface area contributed by atoms with E-state index in [0.717, 1.165) is 11.3 Å². The summed E-state index contributed by atoms with van der Waals surface area (Å²) in [7, 11) is 1.53. The Morgan fingerprint density at radius 3 is 2.75 bits per heavy atom. The van der Waals surface area contributed by atoms with Crippen LogP contribution in [0.25, 0.3) is 0 Å². The minimum Gasteiger partial charge on any atom is -0.453 e. The van der Waals surface area contributed by atoms with E-state index in [9.17, 15) is 4.79 Å². The van der Waals surface area contributed by atoms with Gasteiger partial charge >= 0.3 is 6.09 Å². The van der Waals surface area contributed by atoms with Gasteiger partial charge in [-0.2, -0.15) is 0 Å². The molecule has 1 aliphatic rings. The summed E-state index contributed by atoms with van der Waals surface area (Å²) in [5, 5.41) is 2.42. The topological polar surface area (TPSA) is 47.6 Å². The van der Waals surface area contributed by atoms with Gasteiger partial charge in [-0.25, -0.2) is 4.79 Å². The van der Waals surface area contributed by atoms with Gasteiger partial charge < -0.3 is 14.8 Å². The number of hydrogen-bond donors (Lipinski definition) is 1. The van der Waals surface area contributed by atoms with Gasteiger partial charge in [-0.05, 0) is 19.9 Å². The zero-order valence-electron chi connectivity index (χ0n) is 9.61. The Morgan fingerprint density at radius 2 is 2.12 bits per heavy atom. The molecule has 1 heterocycles. The predicted molar refractivity (Wildman–Crippen MR) is 59.4 cm³/mol. The van der Waals surface area contributed by atoms with Gasteiger partial charge in [0, 0.05) is 12.6 Å². The van der Waals surface area contributed by atoms with Crippen LogP contribution in [0.3, 0.4) is 0 Å². The summed E-state index contributed by atoms with van der Waals surface area (Å²) in [6.45, 7) is 3.98. The van der Waals surface area contributed by atoms with Gasteiger partial charge in [0.2, 0.25) is 0 Å². The molecule has 1 amide bonds. The second-order valence-corrected chi connectivity index (χ2v) is 4.32. The highest BCUT2D eigenvalue weighted by atomic mass is 16.7. The molecule has 1 aromatic rings. The molecule has 0 aliphatic carbocycles. The molecule has 1 N–H and O–H groups in total. The molecule has 86 valence electrons. The van der Waals surface area contributed by atoms with Crippen molar-refractivity contribution in [2.45, 2.75) is 25.6 Å². The number of nitrogens with one attached hydrogen (secondary N) is 1. The lowest BCUT2D eigenvalue weighted by Gasteiger charge is -2.24. The van der Waals surface area contributed by atoms with Crippen molar-refractivity contribution >= 4 is 6.09 Å². The Kier molecular flexibility index (Phi) is 2.50. The molecule has 16 heavy (non-hydrogen) atoms. The maximum atomic E-state index is 11.2. The summed E-state index contributed by atoms with van der Waals surface area (Å²) in [4.78, 5) is 11.2. The average molecular weight is 221 g/mol. The van der Waals surface area contributed by atoms with Gasteiger partial charge in [0.05, 0.1) is 5.41 Å². The number of fused-ring (bicyclic) bond motifs is 1. The molecule has 0 fully saturated rings. The molecule has 0 spiro atoms. The van der Waals surface area contributed by atoms with Crippen LogP contribution in [0.1, 0.15) is 19.4 Å². The van der Waals surface area contributed by atoms with E-state index in [1.165, 1.54) is 7.05 Å². The summed E-state index contributed by atoms with van der Waals surface area (Å²) in [5.41, 5.74) is 0.729. The lowest BCUT2D eigenvalue weighted by atomic mass is 9.85. The molecular formula is C12H15NO3. The Bertz CT molecular complexity index is 414. The molecule has 1 unspecified atom stereocenters. The third-order valence-corrected chi connectivity index (χ3v) is 2.82. The zero-order valence-corrected chi connectivity index (χ0v) is 9.61. The number of carbonyl (C=O) groups is 1. The van der Waals surface area contributed by atoms with Crippen molar-refractivity contribution in [3.05, 3.63) is 29.8 Å². The highest BCUT2D eigenvalue weighted by molar-refractivity contribution is 5.67. The summed E-state index contributed by atoms with van der Waals surface area (Å²) in [6, 6.07) is 7.72. The zero-order chi connectivity index (χ0) is 11.8. The van der Waals surface area contributed by atoms with Crippen molar-refractivity contribution in [3.8, 4) is 5.75 Å². The third kappa shape index (κ3) is 1.60. The summed E-state index contributed by atoms with van der Waals surface area (Å²) < 4.78 is 10.8. The Labute approximate surface area is 94.6 Å². The van der Waals surface area contributed by atoms with E-state index in [4.69, 9.17) is 9.47 Å². The van der Waals surface area contributed by atoms with Crippen LogP contribution in [0.2, 0.25) is 0 Å². The van der Waals surface area contributed by atoms with E-state index in [2.05, 4.69) is 5.32 Å². The number of hydrogen-bond acceptors (Lipinski definition) is 3. The molecule has 1 atom stereocenters. The van der Waals surface area contributed by atoms with Crippen LogP contribution in [0.4, 0.5) is 4.79 Å². The van der Waals surface area contributed by atoms with Gasteiger partial charge in [0.25, 0.3) is 6.29 Å². The number of rotatable bonds is 1. The molecule has 0 saturated carbocycles. The van der Waals surface area contributed by atoms with Gasteiger partial charge in [-0.1, -0.05) is 18.2 Å². The first-order valence-electron chi connectivity index (χ1n) is 5.20. The first-order chi connectivity index (χ1) is 7.55. The summed E-state index contributed by atoms with van der Waals surface area (Å²) in [5.74, 6) is 0.779. The molecule has 0 bridgehead atoms. The van der Waals surface area contributed by atoms with E-state index < -0.39 is 12.4 Å². The SMILES string of the molecule is CNC(=O)OC1Oc2ccccc2C1(C)C. The van der Waals surface area contributed by atoms with E-state index >= 15 is 0 Å². The predicted octanol–water partition coefficient (Wildman–Crippen LogP) is 2.04. The van der Waals surface area contributed by atoms with Crippen LogP contribution in [-0.4, -0.2) is 19.4 Å². The maximum Gasteiger partial charge on any atom is 0.409 e. The molecule has 0 saturated heterocycles. The normalized spacial score (nSPS) is 20.8. The minimum atomic E-state index is -0.579. The number of benzene rings is 1. The first kappa shape index (κ1) is 10.8. The van der Waals surface area contributed by atoms with Gasteiger partial charge in [-0.3, -0.25) is 0 Å². The number of carbonyl (C=O) groups excluding carboxylic acids is 1. The number of para-hydroxylation sites is 1. The largest absolute Gasteiger partial charge is 0.453 e. The van der Waals surface area contributed by atoms with Crippen molar-refractivity contribution in [1.82, 2.24) is 5.32 Å². The Morgan fingerprint density at radius 1 is 1.44 bits per heavy atom. The minimum absolute atomic E-state index is 0.330. The van der Waals surface area contributed by atoms with Gasteiger partial charge in [0.1, 0.15) is 5.75 Å². The van der Waals surface area contributed by atoms with Gasteiger partial charge in [0.15, 0.2) is 0 Å². The lowest BCUT2D eigenvalue weighted by Crippen LogP contribution is -2.38. The Balaban J connectivity index is 2.25. The van der Waals surface area contributed by atoms with Gasteiger partial charge in [-0.15, -0.1) is 0 Å². The van der Waals surface area contributed by atoms with Crippen molar-refractivity contribution < 1.29 is 14.3 Å². The maximum absolute atomic E-state index is 11.2. The fourth-order valence-electron chi connectivity index (χ4n) is 1.82. The van der Waals surface area contributed by atoms with Crippen molar-refractivity contribution in [2.75, 3.05) is 7.05 Å². The fraction of sp³-hybridized carbons (Fsp3) is 0.417. The molecule has 0 radical (unpaired) electrons. The highest BCUT2D eigenvalue weighted by Crippen LogP contribution is 2.42. The molecule has 0 aromatic heterocycles. The van der Waals surface area contributed by atoms with Crippen molar-refractivity contribution in [3.63, 3.8) is 0 Å². The van der Waals surface area contributed by atoms with Crippen molar-refractivity contribution in [1.29, 1.82) is 0 Å². The van der Waals surface area contributed by atoms with Crippen LogP contribution >= 0.6 is 0 Å². The van der Waals surface area contributed by atoms with Crippen molar-refractivity contribution in [2.24, 2.45) is 0 Å². The quantitative estimate of drug-likeness (QED) is 0.789. The molecule has 1 aliphatic heterocycles. The summed E-state index contributed by atoms with van der Waals surface area (Å²) in [6.07, 6.45) is -1.06. The average Bonchev–Trinajstić information content (AvgIpc) is 2.52. The third-order valence-electron chi connectivity index (χ3n) is 2.82. The second kappa shape index (κ2) is 3.70. The number of amides is 1. The monoisotopic (exact) mass is 221 g/mol. The molecule has 4 heteroatoms. The number of alkyl carbamates (subject to hydrolysis) is 1. The second-order valence-electron chi connectivity index (χ2n) is 4.32.